The van der Waals surface area contributed by atoms with Crippen LogP contribution in [0.1, 0.15) is 30.0 Å². The number of benzene rings is 1. The summed E-state index contributed by atoms with van der Waals surface area (Å²) in [4.78, 5) is 24.4. The number of nitrogens with one attached hydrogen (secondary N) is 1. The molecular formula is C15H18N2O3. The summed E-state index contributed by atoms with van der Waals surface area (Å²) >= 11 is 0. The standard InChI is InChI=1S/C15H18N2O3/c18-14(19)11-8-17(9-11)15(20)16-13-7-3-5-10-4-1-2-6-12(10)13/h1-2,4,6,11,13H,3,5,7-9H2,(H,16,20)(H,18,19). The zero-order valence-corrected chi connectivity index (χ0v) is 11.2. The minimum absolute atomic E-state index is 0.0522. The van der Waals surface area contributed by atoms with Gasteiger partial charge in [-0.05, 0) is 30.4 Å². The second kappa shape index (κ2) is 5.15. The van der Waals surface area contributed by atoms with Crippen molar-refractivity contribution in [1.29, 1.82) is 0 Å². The van der Waals surface area contributed by atoms with E-state index in [1.54, 1.807) is 4.90 Å². The number of rotatable bonds is 2. The highest BCUT2D eigenvalue weighted by atomic mass is 16.4. The van der Waals surface area contributed by atoms with Crippen LogP contribution in [0.15, 0.2) is 24.3 Å². The fraction of sp³-hybridized carbons (Fsp3) is 0.467. The minimum atomic E-state index is -0.822. The molecule has 106 valence electrons. The van der Waals surface area contributed by atoms with E-state index in [2.05, 4.69) is 17.4 Å². The van der Waals surface area contributed by atoms with Crippen LogP contribution in [0.5, 0.6) is 0 Å². The number of hydrogen-bond donors (Lipinski definition) is 2. The summed E-state index contributed by atoms with van der Waals surface area (Å²) in [5, 5.41) is 11.9. The molecule has 1 atom stereocenters. The lowest BCUT2D eigenvalue weighted by molar-refractivity contribution is -0.146. The first kappa shape index (κ1) is 13.0. The van der Waals surface area contributed by atoms with Crippen molar-refractivity contribution in [2.75, 3.05) is 13.1 Å². The van der Waals surface area contributed by atoms with Crippen molar-refractivity contribution in [1.82, 2.24) is 10.2 Å². The number of fused-ring (bicyclic) bond motifs is 1. The molecule has 3 rings (SSSR count). The van der Waals surface area contributed by atoms with E-state index in [-0.39, 0.29) is 12.1 Å². The Kier molecular flexibility index (Phi) is 3.34. The molecule has 0 bridgehead atoms. The van der Waals surface area contributed by atoms with E-state index in [1.807, 2.05) is 12.1 Å². The Bertz CT molecular complexity index is 538. The van der Waals surface area contributed by atoms with E-state index < -0.39 is 11.9 Å². The summed E-state index contributed by atoms with van der Waals surface area (Å²) in [6.07, 6.45) is 3.08. The van der Waals surface area contributed by atoms with Crippen LogP contribution in [0.2, 0.25) is 0 Å². The lowest BCUT2D eigenvalue weighted by Crippen LogP contribution is -2.56. The first-order chi connectivity index (χ1) is 9.65. The molecule has 0 aromatic heterocycles. The Morgan fingerprint density at radius 1 is 1.25 bits per heavy atom. The number of hydrogen-bond acceptors (Lipinski definition) is 2. The maximum absolute atomic E-state index is 12.1. The fourth-order valence-electron chi connectivity index (χ4n) is 2.94. The molecule has 1 heterocycles. The number of carbonyl (C=O) groups is 2. The molecular weight excluding hydrogens is 256 g/mol. The third kappa shape index (κ3) is 2.35. The molecule has 1 aromatic rings. The van der Waals surface area contributed by atoms with Gasteiger partial charge in [-0.3, -0.25) is 4.79 Å². The topological polar surface area (TPSA) is 69.6 Å². The zero-order chi connectivity index (χ0) is 14.1. The van der Waals surface area contributed by atoms with Gasteiger partial charge in [0.15, 0.2) is 0 Å². The van der Waals surface area contributed by atoms with Gasteiger partial charge in [-0.1, -0.05) is 24.3 Å². The van der Waals surface area contributed by atoms with Crippen LogP contribution < -0.4 is 5.32 Å². The number of likely N-dealkylation sites (tertiary alicyclic amines) is 1. The summed E-state index contributed by atoms with van der Waals surface area (Å²) in [5.74, 6) is -1.23. The highest BCUT2D eigenvalue weighted by Gasteiger charge is 2.36. The Hall–Kier alpha value is -2.04. The SMILES string of the molecule is O=C(O)C1CN(C(=O)NC2CCCc3ccccc32)C1. The maximum Gasteiger partial charge on any atom is 0.317 e. The summed E-state index contributed by atoms with van der Waals surface area (Å²) in [7, 11) is 0. The molecule has 1 saturated heterocycles. The molecule has 1 aliphatic carbocycles. The molecule has 1 fully saturated rings. The van der Waals surface area contributed by atoms with Gasteiger partial charge >= 0.3 is 12.0 Å². The van der Waals surface area contributed by atoms with Crippen molar-refractivity contribution in [3.8, 4) is 0 Å². The molecule has 5 nitrogen and oxygen atoms in total. The lowest BCUT2D eigenvalue weighted by atomic mass is 9.88. The van der Waals surface area contributed by atoms with Gasteiger partial charge in [0.25, 0.3) is 0 Å². The molecule has 1 aromatic carbocycles. The first-order valence-corrected chi connectivity index (χ1v) is 7.01. The third-order valence-corrected chi connectivity index (χ3v) is 4.19. The smallest absolute Gasteiger partial charge is 0.317 e. The number of nitrogens with zero attached hydrogens (tertiary/aromatic N) is 1. The third-order valence-electron chi connectivity index (χ3n) is 4.19. The summed E-state index contributed by atoms with van der Waals surface area (Å²) in [6, 6.07) is 8.09. The zero-order valence-electron chi connectivity index (χ0n) is 11.2. The van der Waals surface area contributed by atoms with E-state index in [9.17, 15) is 9.59 Å². The van der Waals surface area contributed by atoms with Gasteiger partial charge in [-0.25, -0.2) is 4.79 Å². The van der Waals surface area contributed by atoms with Gasteiger partial charge in [-0.2, -0.15) is 0 Å². The number of carbonyl (C=O) groups excluding carboxylic acids is 1. The fourth-order valence-corrected chi connectivity index (χ4v) is 2.94. The van der Waals surface area contributed by atoms with Crippen LogP contribution in [-0.4, -0.2) is 35.1 Å². The first-order valence-electron chi connectivity index (χ1n) is 7.01. The molecule has 5 heteroatoms. The average molecular weight is 274 g/mol. The predicted octanol–water partition coefficient (Wildman–Crippen LogP) is 1.79. The van der Waals surface area contributed by atoms with Gasteiger partial charge in [0.1, 0.15) is 0 Å². The highest BCUT2D eigenvalue weighted by Crippen LogP contribution is 2.30. The van der Waals surface area contributed by atoms with E-state index in [1.165, 1.54) is 11.1 Å². The molecule has 20 heavy (non-hydrogen) atoms. The summed E-state index contributed by atoms with van der Waals surface area (Å²) in [6.45, 7) is 0.630. The van der Waals surface area contributed by atoms with Crippen molar-refractivity contribution in [3.05, 3.63) is 35.4 Å². The number of aryl methyl sites for hydroxylation is 1. The van der Waals surface area contributed by atoms with Crippen LogP contribution in [0, 0.1) is 5.92 Å². The molecule has 2 amide bonds. The van der Waals surface area contributed by atoms with E-state index in [0.717, 1.165) is 19.3 Å². The van der Waals surface area contributed by atoms with Crippen LogP contribution in [-0.2, 0) is 11.2 Å². The number of carboxylic acid groups (broad SMARTS) is 1. The second-order valence-electron chi connectivity index (χ2n) is 5.53. The average Bonchev–Trinajstić information content (AvgIpc) is 2.37. The summed E-state index contributed by atoms with van der Waals surface area (Å²) < 4.78 is 0. The number of carboxylic acids is 1. The Balaban J connectivity index is 1.62. The number of aliphatic carboxylic acids is 1. The van der Waals surface area contributed by atoms with E-state index in [4.69, 9.17) is 5.11 Å². The van der Waals surface area contributed by atoms with Gasteiger partial charge in [0, 0.05) is 13.1 Å². The highest BCUT2D eigenvalue weighted by molar-refractivity contribution is 5.80. The molecule has 1 unspecified atom stereocenters. The van der Waals surface area contributed by atoms with Crippen LogP contribution >= 0.6 is 0 Å². The van der Waals surface area contributed by atoms with Crippen LogP contribution in [0.3, 0.4) is 0 Å². The Morgan fingerprint density at radius 3 is 2.75 bits per heavy atom. The largest absolute Gasteiger partial charge is 0.481 e. The van der Waals surface area contributed by atoms with Crippen molar-refractivity contribution in [2.45, 2.75) is 25.3 Å². The van der Waals surface area contributed by atoms with Crippen LogP contribution in [0.4, 0.5) is 4.79 Å². The quantitative estimate of drug-likeness (QED) is 0.863. The maximum atomic E-state index is 12.1. The van der Waals surface area contributed by atoms with Crippen molar-refractivity contribution in [3.63, 3.8) is 0 Å². The normalized spacial score (nSPS) is 21.8. The number of urea groups is 1. The predicted molar refractivity (Wildman–Crippen MR) is 73.4 cm³/mol. The van der Waals surface area contributed by atoms with Gasteiger partial charge in [0.05, 0.1) is 12.0 Å². The molecule has 1 aliphatic heterocycles. The number of amides is 2. The van der Waals surface area contributed by atoms with Gasteiger partial charge < -0.3 is 15.3 Å². The molecule has 0 radical (unpaired) electrons. The van der Waals surface area contributed by atoms with Gasteiger partial charge in [-0.15, -0.1) is 0 Å². The molecule has 2 N–H and O–H groups in total. The minimum Gasteiger partial charge on any atom is -0.481 e. The van der Waals surface area contributed by atoms with Crippen molar-refractivity contribution < 1.29 is 14.7 Å². The van der Waals surface area contributed by atoms with Crippen molar-refractivity contribution in [2.24, 2.45) is 5.92 Å². The van der Waals surface area contributed by atoms with E-state index in [0.29, 0.717) is 13.1 Å². The van der Waals surface area contributed by atoms with Gasteiger partial charge in [0.2, 0.25) is 0 Å². The van der Waals surface area contributed by atoms with E-state index >= 15 is 0 Å². The van der Waals surface area contributed by atoms with Crippen LogP contribution in [0.25, 0.3) is 0 Å². The monoisotopic (exact) mass is 274 g/mol. The Morgan fingerprint density at radius 2 is 2.00 bits per heavy atom. The molecule has 0 saturated carbocycles. The Labute approximate surface area is 117 Å². The second-order valence-corrected chi connectivity index (χ2v) is 5.53. The van der Waals surface area contributed by atoms with Crippen molar-refractivity contribution >= 4 is 12.0 Å². The molecule has 0 spiro atoms. The summed E-state index contributed by atoms with van der Waals surface area (Å²) in [5.41, 5.74) is 2.50. The lowest BCUT2D eigenvalue weighted by Gasteiger charge is -2.38. The molecule has 2 aliphatic rings.